The molecule has 0 radical (unpaired) electrons. The number of carbonyl (C=O) groups is 6. The van der Waals surface area contributed by atoms with Crippen molar-refractivity contribution in [1.82, 2.24) is 10.2 Å². The molecule has 0 spiro atoms. The number of rotatable bonds is 10. The minimum absolute atomic E-state index is 0.279. The molecule has 3 rings (SSSR count). The Morgan fingerprint density at radius 1 is 0.854 bits per heavy atom. The van der Waals surface area contributed by atoms with Crippen molar-refractivity contribution in [3.8, 4) is 5.75 Å². The van der Waals surface area contributed by atoms with Gasteiger partial charge in [0.2, 0.25) is 10.0 Å². The lowest BCUT2D eigenvalue weighted by molar-refractivity contribution is -0.200. The molecule has 13 nitrogen and oxygen atoms in total. The lowest BCUT2D eigenvalue weighted by Gasteiger charge is -2.43. The number of β-lactam (4-membered cyclic amide) rings is 1. The van der Waals surface area contributed by atoms with E-state index >= 15 is 0 Å². The molecule has 1 heterocycles. The van der Waals surface area contributed by atoms with Gasteiger partial charge in [-0.2, -0.15) is 0 Å². The monoisotopic (exact) mass is 630 g/mol. The molecule has 1 saturated heterocycles. The van der Waals surface area contributed by atoms with E-state index in [1.807, 2.05) is 0 Å². The highest BCUT2D eigenvalue weighted by Crippen LogP contribution is 2.26. The summed E-state index contributed by atoms with van der Waals surface area (Å²) in [6.07, 6.45) is -3.17. The number of halogens is 3. The van der Waals surface area contributed by atoms with E-state index in [0.29, 0.717) is 11.3 Å². The van der Waals surface area contributed by atoms with E-state index in [1.54, 1.807) is 60.7 Å². The molecule has 0 unspecified atom stereocenters. The summed E-state index contributed by atoms with van der Waals surface area (Å²) in [6.45, 7) is -2.55. The molecule has 0 aromatic heterocycles. The van der Waals surface area contributed by atoms with Crippen molar-refractivity contribution in [3.05, 3.63) is 66.2 Å². The second kappa shape index (κ2) is 14.5. The third-order valence-electron chi connectivity index (χ3n) is 4.99. The van der Waals surface area contributed by atoms with Crippen LogP contribution < -0.4 is 10.1 Å². The van der Waals surface area contributed by atoms with Crippen molar-refractivity contribution in [2.24, 2.45) is 0 Å². The van der Waals surface area contributed by atoms with Gasteiger partial charge in [-0.05, 0) is 17.7 Å². The molecule has 0 aliphatic carbocycles. The summed E-state index contributed by atoms with van der Waals surface area (Å²) in [7, 11) is 0. The zero-order valence-electron chi connectivity index (χ0n) is 20.8. The topological polar surface area (TPSA) is 164 Å². The highest BCUT2D eigenvalue weighted by Gasteiger charge is 2.56. The number of nitrogens with zero attached hydrogens (tertiary/aromatic N) is 1. The number of nitrogens with one attached hydrogen (secondary N) is 1. The van der Waals surface area contributed by atoms with Gasteiger partial charge in [0.05, 0.1) is 0 Å². The highest BCUT2D eigenvalue weighted by molar-refractivity contribution is 6.67. The van der Waals surface area contributed by atoms with E-state index < -0.39 is 71.7 Å². The Bertz CT molecular complexity index is 1270. The standard InChI is InChI=1S/C25H21Cl3N2O11/c26-25(27,28)14-40-24(36)39-13-18(32)41-22-19(29-17(31)12-37-16-9-5-2-6-10-16)20(33)30(22)21(34)23(35)38-11-15-7-3-1-4-8-15/h1-10,19,22H,11-14H2,(H,29,31)/t19-,22-/m1/s1. The van der Waals surface area contributed by atoms with Gasteiger partial charge in [0.1, 0.15) is 19.0 Å². The number of likely N-dealkylation sites (tertiary alicyclic amines) is 1. The first-order valence-electron chi connectivity index (χ1n) is 11.6. The van der Waals surface area contributed by atoms with Gasteiger partial charge in [0.15, 0.2) is 19.3 Å². The summed E-state index contributed by atoms with van der Waals surface area (Å²) in [5, 5.41) is 2.26. The SMILES string of the molecule is O=C(COc1ccccc1)N[C@@H]1C(=O)N(C(=O)C(=O)OCc2ccccc2)[C@@H]1OC(=O)COC(=O)OCC(Cl)(Cl)Cl. The Morgan fingerprint density at radius 3 is 2.12 bits per heavy atom. The van der Waals surface area contributed by atoms with Gasteiger partial charge < -0.3 is 29.0 Å². The third-order valence-corrected chi connectivity index (χ3v) is 5.32. The van der Waals surface area contributed by atoms with Gasteiger partial charge in [-0.1, -0.05) is 83.3 Å². The molecule has 1 N–H and O–H groups in total. The molecule has 2 aromatic carbocycles. The molecule has 3 amide bonds. The van der Waals surface area contributed by atoms with Gasteiger partial charge >= 0.3 is 24.0 Å². The molecule has 0 bridgehead atoms. The van der Waals surface area contributed by atoms with Crippen molar-refractivity contribution in [1.29, 1.82) is 0 Å². The summed E-state index contributed by atoms with van der Waals surface area (Å²) in [6, 6.07) is 15.1. The van der Waals surface area contributed by atoms with Crippen LogP contribution in [0.1, 0.15) is 5.56 Å². The van der Waals surface area contributed by atoms with Gasteiger partial charge in [-0.3, -0.25) is 14.4 Å². The predicted molar refractivity (Wildman–Crippen MR) is 139 cm³/mol. The number of hydrogen-bond acceptors (Lipinski definition) is 11. The maximum Gasteiger partial charge on any atom is 0.508 e. The van der Waals surface area contributed by atoms with Crippen LogP contribution in [0.15, 0.2) is 60.7 Å². The fraction of sp³-hybridized carbons (Fsp3) is 0.280. The molecule has 1 fully saturated rings. The second-order valence-electron chi connectivity index (χ2n) is 8.04. The Kier molecular flexibility index (Phi) is 11.1. The maximum atomic E-state index is 12.7. The third kappa shape index (κ3) is 9.81. The number of benzene rings is 2. The zero-order valence-corrected chi connectivity index (χ0v) is 23.1. The fourth-order valence-corrected chi connectivity index (χ4v) is 3.33. The number of imide groups is 1. The van der Waals surface area contributed by atoms with Crippen LogP contribution in [0.4, 0.5) is 4.79 Å². The van der Waals surface area contributed by atoms with Gasteiger partial charge in [0.25, 0.3) is 11.8 Å². The average molecular weight is 632 g/mol. The molecule has 41 heavy (non-hydrogen) atoms. The van der Waals surface area contributed by atoms with Crippen molar-refractivity contribution >= 4 is 70.6 Å². The number of alkyl halides is 3. The number of carbonyl (C=O) groups excluding carboxylic acids is 6. The molecule has 1 aliphatic rings. The Balaban J connectivity index is 1.62. The molecule has 2 aromatic rings. The lowest BCUT2D eigenvalue weighted by atomic mass is 10.0. The quantitative estimate of drug-likeness (QED) is 0.134. The predicted octanol–water partition coefficient (Wildman–Crippen LogP) is 2.06. The van der Waals surface area contributed by atoms with E-state index in [4.69, 9.17) is 49.0 Å². The smallest absolute Gasteiger partial charge is 0.484 e. The molecule has 0 saturated carbocycles. The Hall–Kier alpha value is -4.07. The minimum atomic E-state index is -1.93. The maximum absolute atomic E-state index is 12.7. The van der Waals surface area contributed by atoms with Crippen molar-refractivity contribution in [2.75, 3.05) is 19.8 Å². The summed E-state index contributed by atoms with van der Waals surface area (Å²) < 4.78 is 22.4. The molecule has 1 aliphatic heterocycles. The molecule has 2 atom stereocenters. The number of amides is 3. The van der Waals surface area contributed by atoms with Crippen LogP contribution in [0.2, 0.25) is 0 Å². The summed E-state index contributed by atoms with van der Waals surface area (Å²) >= 11 is 16.3. The fourth-order valence-electron chi connectivity index (χ4n) is 3.17. The number of esters is 2. The largest absolute Gasteiger partial charge is 0.508 e. The Morgan fingerprint density at radius 2 is 1.49 bits per heavy atom. The molecular weight excluding hydrogens is 611 g/mol. The van der Waals surface area contributed by atoms with E-state index in [1.165, 1.54) is 0 Å². The zero-order chi connectivity index (χ0) is 30.0. The van der Waals surface area contributed by atoms with Crippen LogP contribution in [0.3, 0.4) is 0 Å². The summed E-state index contributed by atoms with van der Waals surface area (Å²) in [5.41, 5.74) is 0.564. The first-order valence-corrected chi connectivity index (χ1v) is 12.7. The van der Waals surface area contributed by atoms with Gasteiger partial charge in [0, 0.05) is 0 Å². The first kappa shape index (κ1) is 31.5. The van der Waals surface area contributed by atoms with Crippen LogP contribution in [0, 0.1) is 0 Å². The van der Waals surface area contributed by atoms with Crippen LogP contribution in [0.5, 0.6) is 5.75 Å². The lowest BCUT2D eigenvalue weighted by Crippen LogP contribution is -2.74. The van der Waals surface area contributed by atoms with Crippen molar-refractivity contribution in [2.45, 2.75) is 22.7 Å². The number of para-hydroxylation sites is 1. The number of hydrogen-bond donors (Lipinski definition) is 1. The highest BCUT2D eigenvalue weighted by atomic mass is 35.6. The van der Waals surface area contributed by atoms with Gasteiger partial charge in [-0.15, -0.1) is 0 Å². The molecule has 218 valence electrons. The van der Waals surface area contributed by atoms with Crippen LogP contribution in [0.25, 0.3) is 0 Å². The second-order valence-corrected chi connectivity index (χ2v) is 10.6. The first-order chi connectivity index (χ1) is 19.4. The normalized spacial score (nSPS) is 16.1. The minimum Gasteiger partial charge on any atom is -0.484 e. The van der Waals surface area contributed by atoms with Crippen molar-refractivity contribution < 1.29 is 52.5 Å². The van der Waals surface area contributed by atoms with E-state index in [-0.39, 0.29) is 11.5 Å². The average Bonchev–Trinajstić information content (AvgIpc) is 2.95. The van der Waals surface area contributed by atoms with E-state index in [9.17, 15) is 28.8 Å². The van der Waals surface area contributed by atoms with Gasteiger partial charge in [-0.25, -0.2) is 19.3 Å². The number of ether oxygens (including phenoxy) is 5. The van der Waals surface area contributed by atoms with E-state index in [0.717, 1.165) is 0 Å². The van der Waals surface area contributed by atoms with Crippen LogP contribution in [-0.2, 0) is 49.5 Å². The summed E-state index contributed by atoms with van der Waals surface area (Å²) in [5.74, 6) is -5.67. The van der Waals surface area contributed by atoms with Crippen LogP contribution >= 0.6 is 34.8 Å². The van der Waals surface area contributed by atoms with E-state index in [2.05, 4.69) is 14.8 Å². The summed E-state index contributed by atoms with van der Waals surface area (Å²) in [4.78, 5) is 74.4. The van der Waals surface area contributed by atoms with Crippen LogP contribution in [-0.4, -0.2) is 76.6 Å². The molecular formula is C25H21Cl3N2O11. The molecule has 16 heteroatoms. The Labute approximate surface area is 247 Å². The van der Waals surface area contributed by atoms with Crippen molar-refractivity contribution in [3.63, 3.8) is 0 Å².